The third-order valence-corrected chi connectivity index (χ3v) is 8.18. The van der Waals surface area contributed by atoms with E-state index in [4.69, 9.17) is 11.1 Å². The average molecular weight is 554 g/mol. The first-order valence-electron chi connectivity index (χ1n) is 12.2. The molecule has 3 aromatic rings. The fourth-order valence-electron chi connectivity index (χ4n) is 4.79. The van der Waals surface area contributed by atoms with Crippen LogP contribution in [0.15, 0.2) is 72.1 Å². The molecule has 2 aromatic carbocycles. The molecule has 9 nitrogen and oxygen atoms in total. The van der Waals surface area contributed by atoms with Crippen molar-refractivity contribution in [2.45, 2.75) is 37.4 Å². The predicted molar refractivity (Wildman–Crippen MR) is 148 cm³/mol. The summed E-state index contributed by atoms with van der Waals surface area (Å²) in [6.07, 6.45) is 2.14. The van der Waals surface area contributed by atoms with Crippen molar-refractivity contribution in [3.05, 3.63) is 93.7 Å². The summed E-state index contributed by atoms with van der Waals surface area (Å²) in [5.41, 5.74) is 7.91. The molecule has 0 saturated carbocycles. The maximum absolute atomic E-state index is 14.1. The average Bonchev–Trinajstić information content (AvgIpc) is 3.57. The van der Waals surface area contributed by atoms with Crippen LogP contribution in [-0.4, -0.2) is 55.9 Å². The number of benzene rings is 2. The standard InChI is InChI=1S/C27H31N5O4S2/c1-38(35,36)31-24(23(19-9-4-2-5-10-19)20-11-6-3-7-12-20)27(34)32-14-8-13-21(32)26(33)30-16-18-15-22(25(28)29)37-17-18/h2-7,9-12,15,17,21,23-24,31H,8,13-14,16H2,1H3,(H3,28,29)(H,30,33). The summed E-state index contributed by atoms with van der Waals surface area (Å²) in [6, 6.07) is 18.5. The summed E-state index contributed by atoms with van der Waals surface area (Å²) in [4.78, 5) is 29.4. The zero-order valence-corrected chi connectivity index (χ0v) is 22.6. The Labute approximate surface area is 226 Å². The smallest absolute Gasteiger partial charge is 0.243 e. The number of nitrogens with one attached hydrogen (secondary N) is 3. The van der Waals surface area contributed by atoms with Gasteiger partial charge in [-0.25, -0.2) is 13.1 Å². The maximum atomic E-state index is 14.1. The SMILES string of the molecule is CS(=O)(=O)NC(C(=O)N1CCCC1C(=O)NCc1csc(C(=N)N)c1)C(c1ccccc1)c1ccccc1. The molecule has 0 spiro atoms. The highest BCUT2D eigenvalue weighted by Crippen LogP contribution is 2.31. The van der Waals surface area contributed by atoms with Gasteiger partial charge in [0.1, 0.15) is 17.9 Å². The molecule has 2 heterocycles. The Bertz CT molecular complexity index is 1350. The van der Waals surface area contributed by atoms with Crippen molar-refractivity contribution in [1.82, 2.24) is 14.9 Å². The Morgan fingerprint density at radius 3 is 2.24 bits per heavy atom. The monoisotopic (exact) mass is 553 g/mol. The second-order valence-electron chi connectivity index (χ2n) is 9.31. The molecule has 200 valence electrons. The largest absolute Gasteiger partial charge is 0.383 e. The molecule has 38 heavy (non-hydrogen) atoms. The Morgan fingerprint density at radius 2 is 1.71 bits per heavy atom. The lowest BCUT2D eigenvalue weighted by Gasteiger charge is -2.33. The first kappa shape index (κ1) is 27.5. The number of nitrogens with two attached hydrogens (primary N) is 1. The van der Waals surface area contributed by atoms with Crippen LogP contribution in [0.5, 0.6) is 0 Å². The minimum absolute atomic E-state index is 0.0315. The van der Waals surface area contributed by atoms with E-state index in [1.807, 2.05) is 66.0 Å². The molecule has 1 aliphatic rings. The number of carbonyl (C=O) groups excluding carboxylic acids is 2. The van der Waals surface area contributed by atoms with Gasteiger partial charge in [0.25, 0.3) is 0 Å². The van der Waals surface area contributed by atoms with Crippen LogP contribution in [0.1, 0.15) is 40.3 Å². The first-order valence-corrected chi connectivity index (χ1v) is 15.0. The second kappa shape index (κ2) is 11.9. The summed E-state index contributed by atoms with van der Waals surface area (Å²) >= 11 is 1.32. The minimum Gasteiger partial charge on any atom is -0.383 e. The van der Waals surface area contributed by atoms with Crippen LogP contribution < -0.4 is 15.8 Å². The van der Waals surface area contributed by atoms with Crippen LogP contribution in [0.4, 0.5) is 0 Å². The quantitative estimate of drug-likeness (QED) is 0.225. The van der Waals surface area contributed by atoms with Gasteiger partial charge in [-0.05, 0) is 41.0 Å². The molecule has 5 N–H and O–H groups in total. The molecular weight excluding hydrogens is 522 g/mol. The van der Waals surface area contributed by atoms with Crippen LogP contribution in [0.2, 0.25) is 0 Å². The molecule has 1 saturated heterocycles. The Balaban J connectivity index is 1.61. The van der Waals surface area contributed by atoms with Crippen molar-refractivity contribution in [2.75, 3.05) is 12.8 Å². The van der Waals surface area contributed by atoms with E-state index in [0.29, 0.717) is 24.3 Å². The summed E-state index contributed by atoms with van der Waals surface area (Å²) in [5.74, 6) is -1.38. The molecule has 11 heteroatoms. The molecule has 2 atom stereocenters. The van der Waals surface area contributed by atoms with Crippen molar-refractivity contribution < 1.29 is 18.0 Å². The number of hydrogen-bond donors (Lipinski definition) is 4. The van der Waals surface area contributed by atoms with E-state index in [1.54, 1.807) is 6.07 Å². The Kier molecular flexibility index (Phi) is 8.60. The van der Waals surface area contributed by atoms with Crippen molar-refractivity contribution in [2.24, 2.45) is 5.73 Å². The van der Waals surface area contributed by atoms with Crippen molar-refractivity contribution in [3.63, 3.8) is 0 Å². The van der Waals surface area contributed by atoms with Gasteiger partial charge in [-0.1, -0.05) is 60.7 Å². The number of amidine groups is 1. The van der Waals surface area contributed by atoms with E-state index in [9.17, 15) is 18.0 Å². The highest BCUT2D eigenvalue weighted by molar-refractivity contribution is 7.88. The van der Waals surface area contributed by atoms with Gasteiger partial charge in [0.15, 0.2) is 0 Å². The number of carbonyl (C=O) groups is 2. The molecule has 1 aliphatic heterocycles. The zero-order valence-electron chi connectivity index (χ0n) is 21.0. The van der Waals surface area contributed by atoms with Gasteiger partial charge in [-0.2, -0.15) is 0 Å². The van der Waals surface area contributed by atoms with Crippen LogP contribution in [0.25, 0.3) is 0 Å². The molecular formula is C27H31N5O4S2. The predicted octanol–water partition coefficient (Wildman–Crippen LogP) is 2.39. The lowest BCUT2D eigenvalue weighted by atomic mass is 9.84. The summed E-state index contributed by atoms with van der Waals surface area (Å²) in [6.45, 7) is 0.588. The summed E-state index contributed by atoms with van der Waals surface area (Å²) in [7, 11) is -3.77. The molecule has 1 aromatic heterocycles. The summed E-state index contributed by atoms with van der Waals surface area (Å²) < 4.78 is 27.5. The third-order valence-electron chi connectivity index (χ3n) is 6.48. The number of hydrogen-bond acceptors (Lipinski definition) is 6. The molecule has 2 amide bonds. The number of nitrogen functional groups attached to an aromatic ring is 1. The van der Waals surface area contributed by atoms with Crippen molar-refractivity contribution in [3.8, 4) is 0 Å². The van der Waals surface area contributed by atoms with E-state index in [1.165, 1.54) is 16.2 Å². The third kappa shape index (κ3) is 6.66. The Hall–Kier alpha value is -3.54. The van der Waals surface area contributed by atoms with Crippen LogP contribution in [0, 0.1) is 5.41 Å². The number of rotatable bonds is 10. The molecule has 0 radical (unpaired) electrons. The highest BCUT2D eigenvalue weighted by Gasteiger charge is 2.41. The summed E-state index contributed by atoms with van der Waals surface area (Å²) in [5, 5.41) is 12.3. The maximum Gasteiger partial charge on any atom is 0.243 e. The van der Waals surface area contributed by atoms with E-state index < -0.39 is 33.9 Å². The van der Waals surface area contributed by atoms with Gasteiger partial charge < -0.3 is 16.0 Å². The lowest BCUT2D eigenvalue weighted by molar-refractivity contribution is -0.140. The molecule has 0 aliphatic carbocycles. The fraction of sp³-hybridized carbons (Fsp3) is 0.296. The minimum atomic E-state index is -3.77. The fourth-order valence-corrected chi connectivity index (χ4v) is 6.26. The van der Waals surface area contributed by atoms with Gasteiger partial charge >= 0.3 is 0 Å². The van der Waals surface area contributed by atoms with Crippen LogP contribution in [0.3, 0.4) is 0 Å². The van der Waals surface area contributed by atoms with Gasteiger partial charge in [0, 0.05) is 19.0 Å². The molecule has 4 rings (SSSR count). The number of sulfonamides is 1. The molecule has 1 fully saturated rings. The second-order valence-corrected chi connectivity index (χ2v) is 12.0. The number of thiophene rings is 1. The number of likely N-dealkylation sites (tertiary alicyclic amines) is 1. The van der Waals surface area contributed by atoms with Crippen LogP contribution >= 0.6 is 11.3 Å². The Morgan fingerprint density at radius 1 is 1.11 bits per heavy atom. The van der Waals surface area contributed by atoms with E-state index >= 15 is 0 Å². The van der Waals surface area contributed by atoms with Gasteiger partial charge in [0.2, 0.25) is 21.8 Å². The van der Waals surface area contributed by atoms with Crippen LogP contribution in [-0.2, 0) is 26.2 Å². The highest BCUT2D eigenvalue weighted by atomic mass is 32.2. The number of nitrogens with zero attached hydrogens (tertiary/aromatic N) is 1. The topological polar surface area (TPSA) is 145 Å². The molecule has 2 unspecified atom stereocenters. The zero-order chi connectivity index (χ0) is 27.3. The van der Waals surface area contributed by atoms with E-state index in [0.717, 1.165) is 22.9 Å². The van der Waals surface area contributed by atoms with E-state index in [2.05, 4.69) is 10.0 Å². The number of amides is 2. The normalized spacial score (nSPS) is 16.4. The van der Waals surface area contributed by atoms with Crippen molar-refractivity contribution >= 4 is 39.0 Å². The van der Waals surface area contributed by atoms with Gasteiger partial charge in [-0.15, -0.1) is 11.3 Å². The van der Waals surface area contributed by atoms with Crippen molar-refractivity contribution in [1.29, 1.82) is 5.41 Å². The molecule has 0 bridgehead atoms. The van der Waals surface area contributed by atoms with Gasteiger partial charge in [-0.3, -0.25) is 15.0 Å². The van der Waals surface area contributed by atoms with E-state index in [-0.39, 0.29) is 18.3 Å². The lowest BCUT2D eigenvalue weighted by Crippen LogP contribution is -2.55. The van der Waals surface area contributed by atoms with Gasteiger partial charge in [0.05, 0.1) is 11.1 Å². The first-order chi connectivity index (χ1) is 18.1.